The summed E-state index contributed by atoms with van der Waals surface area (Å²) in [6.07, 6.45) is 0. The van der Waals surface area contributed by atoms with Gasteiger partial charge >= 0.3 is 11.8 Å². The van der Waals surface area contributed by atoms with Gasteiger partial charge in [-0.2, -0.15) is 0 Å². The predicted molar refractivity (Wildman–Crippen MR) is 59.1 cm³/mol. The van der Waals surface area contributed by atoms with Crippen LogP contribution in [-0.4, -0.2) is 24.6 Å². The molecule has 5 nitrogen and oxygen atoms in total. The molecular formula is C11H12N2O3. The number of rotatable bonds is 2. The molecule has 1 aromatic carbocycles. The number of ketones is 1. The molecule has 2 amide bonds. The fourth-order valence-electron chi connectivity index (χ4n) is 1.12. The van der Waals surface area contributed by atoms with E-state index in [-0.39, 0.29) is 5.78 Å². The highest BCUT2D eigenvalue weighted by Crippen LogP contribution is 2.10. The molecule has 0 fully saturated rings. The summed E-state index contributed by atoms with van der Waals surface area (Å²) >= 11 is 0. The largest absolute Gasteiger partial charge is 0.351 e. The van der Waals surface area contributed by atoms with Gasteiger partial charge in [0.2, 0.25) is 0 Å². The summed E-state index contributed by atoms with van der Waals surface area (Å²) in [6, 6.07) is 6.39. The zero-order valence-corrected chi connectivity index (χ0v) is 9.03. The van der Waals surface area contributed by atoms with Crippen LogP contribution in [0.3, 0.4) is 0 Å². The molecule has 0 bridgehead atoms. The van der Waals surface area contributed by atoms with E-state index in [1.54, 1.807) is 18.2 Å². The van der Waals surface area contributed by atoms with Crippen molar-refractivity contribution in [3.63, 3.8) is 0 Å². The molecule has 0 spiro atoms. The highest BCUT2D eigenvalue weighted by Gasteiger charge is 2.11. The van der Waals surface area contributed by atoms with Gasteiger partial charge in [-0.25, -0.2) is 0 Å². The Balaban J connectivity index is 2.82. The van der Waals surface area contributed by atoms with Crippen LogP contribution in [-0.2, 0) is 9.59 Å². The minimum Gasteiger partial charge on any atom is -0.351 e. The molecule has 84 valence electrons. The molecule has 0 saturated carbocycles. The van der Waals surface area contributed by atoms with E-state index in [4.69, 9.17) is 0 Å². The van der Waals surface area contributed by atoms with Crippen LogP contribution in [0.5, 0.6) is 0 Å². The van der Waals surface area contributed by atoms with Gasteiger partial charge in [-0.15, -0.1) is 0 Å². The number of benzene rings is 1. The number of hydrogen-bond donors (Lipinski definition) is 2. The van der Waals surface area contributed by atoms with Crippen LogP contribution in [0.2, 0.25) is 0 Å². The van der Waals surface area contributed by atoms with E-state index >= 15 is 0 Å². The zero-order chi connectivity index (χ0) is 12.1. The van der Waals surface area contributed by atoms with E-state index in [2.05, 4.69) is 10.6 Å². The van der Waals surface area contributed by atoms with Crippen molar-refractivity contribution in [2.75, 3.05) is 12.4 Å². The standard InChI is InChI=1S/C11H12N2O3/c1-7(14)8-4-3-5-9(6-8)13-11(16)10(15)12-2/h3-6H,1-2H3,(H,12,15)(H,13,16). The van der Waals surface area contributed by atoms with E-state index in [9.17, 15) is 14.4 Å². The summed E-state index contributed by atoms with van der Waals surface area (Å²) in [4.78, 5) is 33.2. The van der Waals surface area contributed by atoms with Crippen molar-refractivity contribution in [2.45, 2.75) is 6.92 Å². The smallest absolute Gasteiger partial charge is 0.313 e. The summed E-state index contributed by atoms with van der Waals surface area (Å²) in [5, 5.41) is 4.59. The van der Waals surface area contributed by atoms with Gasteiger partial charge in [0.1, 0.15) is 0 Å². The average Bonchev–Trinajstić information content (AvgIpc) is 2.28. The third kappa shape index (κ3) is 2.91. The lowest BCUT2D eigenvalue weighted by Crippen LogP contribution is -2.32. The van der Waals surface area contributed by atoms with Crippen molar-refractivity contribution in [3.8, 4) is 0 Å². The highest BCUT2D eigenvalue weighted by atomic mass is 16.2. The van der Waals surface area contributed by atoms with Crippen LogP contribution in [0.4, 0.5) is 5.69 Å². The predicted octanol–water partition coefficient (Wildman–Crippen LogP) is 0.574. The molecule has 1 aromatic rings. The van der Waals surface area contributed by atoms with Crippen LogP contribution in [0, 0.1) is 0 Å². The third-order valence-electron chi connectivity index (χ3n) is 1.96. The summed E-state index contributed by atoms with van der Waals surface area (Å²) in [7, 11) is 1.37. The molecule has 2 N–H and O–H groups in total. The molecule has 1 rings (SSSR count). The Morgan fingerprint density at radius 3 is 2.38 bits per heavy atom. The third-order valence-corrected chi connectivity index (χ3v) is 1.96. The fourth-order valence-corrected chi connectivity index (χ4v) is 1.12. The lowest BCUT2D eigenvalue weighted by Gasteiger charge is -2.04. The lowest BCUT2D eigenvalue weighted by molar-refractivity contribution is -0.135. The van der Waals surface area contributed by atoms with Crippen molar-refractivity contribution in [3.05, 3.63) is 29.8 Å². The van der Waals surface area contributed by atoms with E-state index < -0.39 is 11.8 Å². The first-order valence-electron chi connectivity index (χ1n) is 4.68. The molecule has 0 aromatic heterocycles. The van der Waals surface area contributed by atoms with Crippen LogP contribution in [0.1, 0.15) is 17.3 Å². The molecule has 0 atom stereocenters. The molecular weight excluding hydrogens is 208 g/mol. The van der Waals surface area contributed by atoms with Crippen LogP contribution in [0.25, 0.3) is 0 Å². The highest BCUT2D eigenvalue weighted by molar-refractivity contribution is 6.39. The van der Waals surface area contributed by atoms with Crippen LogP contribution >= 0.6 is 0 Å². The average molecular weight is 220 g/mol. The summed E-state index contributed by atoms with van der Waals surface area (Å²) in [5.74, 6) is -1.59. The second kappa shape index (κ2) is 5.06. The van der Waals surface area contributed by atoms with E-state index in [1.165, 1.54) is 20.0 Å². The Hall–Kier alpha value is -2.17. The number of Topliss-reactive ketones (excluding diaryl/α,β-unsaturated/α-hetero) is 1. The maximum absolute atomic E-state index is 11.2. The number of carbonyl (C=O) groups is 3. The summed E-state index contributed by atoms with van der Waals surface area (Å²) in [5.41, 5.74) is 0.899. The molecule has 0 aliphatic rings. The normalized spacial score (nSPS) is 9.38. The van der Waals surface area contributed by atoms with Gasteiger partial charge in [0.15, 0.2) is 5.78 Å². The molecule has 0 heterocycles. The van der Waals surface area contributed by atoms with Gasteiger partial charge in [-0.3, -0.25) is 14.4 Å². The summed E-state index contributed by atoms with van der Waals surface area (Å²) in [6.45, 7) is 1.43. The first kappa shape index (κ1) is 11.9. The number of carbonyl (C=O) groups excluding carboxylic acids is 3. The van der Waals surface area contributed by atoms with Crippen molar-refractivity contribution >= 4 is 23.3 Å². The maximum atomic E-state index is 11.2. The van der Waals surface area contributed by atoms with E-state index in [0.29, 0.717) is 11.3 Å². The lowest BCUT2D eigenvalue weighted by atomic mass is 10.1. The van der Waals surface area contributed by atoms with Crippen molar-refractivity contribution in [1.82, 2.24) is 5.32 Å². The Morgan fingerprint density at radius 1 is 1.12 bits per heavy atom. The van der Waals surface area contributed by atoms with Crippen LogP contribution < -0.4 is 10.6 Å². The van der Waals surface area contributed by atoms with Crippen molar-refractivity contribution in [1.29, 1.82) is 0 Å². The van der Waals surface area contributed by atoms with Gasteiger partial charge in [0.05, 0.1) is 0 Å². The van der Waals surface area contributed by atoms with Gasteiger partial charge in [0, 0.05) is 18.3 Å². The van der Waals surface area contributed by atoms with Gasteiger partial charge < -0.3 is 10.6 Å². The number of likely N-dealkylation sites (N-methyl/N-ethyl adjacent to an activating group) is 1. The fraction of sp³-hybridized carbons (Fsp3) is 0.182. The number of anilines is 1. The second-order valence-electron chi connectivity index (χ2n) is 3.17. The molecule has 0 aliphatic carbocycles. The molecule has 0 radical (unpaired) electrons. The number of nitrogens with one attached hydrogen (secondary N) is 2. The molecule has 5 heteroatoms. The molecule has 16 heavy (non-hydrogen) atoms. The molecule has 0 saturated heterocycles. The van der Waals surface area contributed by atoms with Gasteiger partial charge in [-0.1, -0.05) is 12.1 Å². The SMILES string of the molecule is CNC(=O)C(=O)Nc1cccc(C(C)=O)c1. The quantitative estimate of drug-likeness (QED) is 0.565. The minimum absolute atomic E-state index is 0.101. The Kier molecular flexibility index (Phi) is 3.77. The maximum Gasteiger partial charge on any atom is 0.313 e. The minimum atomic E-state index is -0.761. The van der Waals surface area contributed by atoms with E-state index in [0.717, 1.165) is 0 Å². The first-order valence-corrected chi connectivity index (χ1v) is 4.68. The van der Waals surface area contributed by atoms with Gasteiger partial charge in [0.25, 0.3) is 0 Å². The second-order valence-corrected chi connectivity index (χ2v) is 3.17. The monoisotopic (exact) mass is 220 g/mol. The Bertz CT molecular complexity index is 441. The van der Waals surface area contributed by atoms with Gasteiger partial charge in [-0.05, 0) is 19.1 Å². The molecule has 0 aliphatic heterocycles. The first-order chi connectivity index (χ1) is 7.54. The topological polar surface area (TPSA) is 75.3 Å². The number of amides is 2. The Morgan fingerprint density at radius 2 is 1.81 bits per heavy atom. The number of hydrogen-bond acceptors (Lipinski definition) is 3. The van der Waals surface area contributed by atoms with Crippen molar-refractivity contribution in [2.24, 2.45) is 0 Å². The van der Waals surface area contributed by atoms with E-state index in [1.807, 2.05) is 0 Å². The Labute approximate surface area is 92.8 Å². The van der Waals surface area contributed by atoms with Crippen molar-refractivity contribution < 1.29 is 14.4 Å². The summed E-state index contributed by atoms with van der Waals surface area (Å²) < 4.78 is 0. The van der Waals surface area contributed by atoms with Crippen LogP contribution in [0.15, 0.2) is 24.3 Å². The molecule has 0 unspecified atom stereocenters. The zero-order valence-electron chi connectivity index (χ0n) is 9.03.